The second-order valence-electron chi connectivity index (χ2n) is 7.37. The van der Waals surface area contributed by atoms with Crippen molar-refractivity contribution < 1.29 is 31.5 Å². The highest BCUT2D eigenvalue weighted by Crippen LogP contribution is 2.30. The summed E-state index contributed by atoms with van der Waals surface area (Å²) in [7, 11) is -8.10. The Hall–Kier alpha value is -2.67. The molecule has 13 heteroatoms. The molecule has 0 aliphatic rings. The normalized spacial score (nSPS) is 12.0. The van der Waals surface area contributed by atoms with Crippen LogP contribution in [0.2, 0.25) is 10.0 Å². The summed E-state index contributed by atoms with van der Waals surface area (Å²) >= 11 is 12.2. The molecule has 0 aliphatic carbocycles. The third-order valence-electron chi connectivity index (χ3n) is 4.74. The summed E-state index contributed by atoms with van der Waals surface area (Å²) in [5.41, 5.74) is 0.994. The van der Waals surface area contributed by atoms with Gasteiger partial charge in [0.05, 0.1) is 9.92 Å². The Labute approximate surface area is 212 Å². The number of hydrogen-bond donors (Lipinski definition) is 2. The number of primary sulfonamides is 1. The Morgan fingerprint density at radius 3 is 2.20 bits per heavy atom. The molecule has 0 atom stereocenters. The molecule has 0 aliphatic heterocycles. The van der Waals surface area contributed by atoms with Crippen LogP contribution in [0.5, 0.6) is 5.75 Å². The molecule has 0 spiro atoms. The number of nitrogens with two attached hydrogens (primary N) is 1. The first-order valence-electron chi connectivity index (χ1n) is 9.87. The van der Waals surface area contributed by atoms with Crippen LogP contribution in [0.4, 0.5) is 0 Å². The van der Waals surface area contributed by atoms with Crippen LogP contribution in [0.15, 0.2) is 76.5 Å². The highest BCUT2D eigenvalue weighted by atomic mass is 35.5. The second-order valence-corrected chi connectivity index (χ2v) is 11.7. The lowest BCUT2D eigenvalue weighted by Gasteiger charge is -2.23. The predicted molar refractivity (Wildman–Crippen MR) is 130 cm³/mol. The van der Waals surface area contributed by atoms with Gasteiger partial charge in [-0.1, -0.05) is 47.5 Å². The molecule has 3 rings (SSSR count). The molecule has 0 fully saturated rings. The van der Waals surface area contributed by atoms with Crippen molar-refractivity contribution in [2.24, 2.45) is 5.14 Å². The first-order chi connectivity index (χ1) is 16.4. The summed E-state index contributed by atoms with van der Waals surface area (Å²) in [6.07, 6.45) is 0. The topological polar surface area (TPSA) is 144 Å². The maximum Gasteiger partial charge on any atom is 0.341 e. The van der Waals surface area contributed by atoms with Crippen LogP contribution in [0, 0.1) is 0 Å². The number of benzene rings is 3. The quantitative estimate of drug-likeness (QED) is 0.387. The van der Waals surface area contributed by atoms with Gasteiger partial charge in [-0.2, -0.15) is 4.31 Å². The molecular formula is C22H20Cl2N2O7S2. The number of carbonyl (C=O) groups is 1. The summed E-state index contributed by atoms with van der Waals surface area (Å²) in [6.45, 7) is -0.831. The minimum atomic E-state index is -4.19. The van der Waals surface area contributed by atoms with Gasteiger partial charge in [0, 0.05) is 18.1 Å². The largest absolute Gasteiger partial charge is 0.482 e. The summed E-state index contributed by atoms with van der Waals surface area (Å²) < 4.78 is 56.6. The van der Waals surface area contributed by atoms with Gasteiger partial charge in [-0.3, -0.25) is 0 Å². The zero-order valence-corrected chi connectivity index (χ0v) is 21.1. The van der Waals surface area contributed by atoms with Crippen LogP contribution in [0.3, 0.4) is 0 Å². The summed E-state index contributed by atoms with van der Waals surface area (Å²) in [4.78, 5) is 10.5. The van der Waals surface area contributed by atoms with Gasteiger partial charge in [0.15, 0.2) is 6.61 Å². The fourth-order valence-corrected chi connectivity index (χ4v) is 5.78. The van der Waals surface area contributed by atoms with Crippen molar-refractivity contribution in [2.45, 2.75) is 22.9 Å². The minimum absolute atomic E-state index is 0.0254. The first kappa shape index (κ1) is 26.9. The van der Waals surface area contributed by atoms with E-state index in [4.69, 9.17) is 38.2 Å². The van der Waals surface area contributed by atoms with Crippen LogP contribution in [0.25, 0.3) is 0 Å². The van der Waals surface area contributed by atoms with Crippen molar-refractivity contribution in [3.63, 3.8) is 0 Å². The van der Waals surface area contributed by atoms with E-state index in [0.29, 0.717) is 11.1 Å². The smallest absolute Gasteiger partial charge is 0.341 e. The van der Waals surface area contributed by atoms with E-state index in [1.807, 2.05) is 0 Å². The average Bonchev–Trinajstić information content (AvgIpc) is 2.79. The van der Waals surface area contributed by atoms with Gasteiger partial charge in [-0.05, 0) is 53.6 Å². The molecule has 0 aromatic heterocycles. The maximum atomic E-state index is 13.6. The van der Waals surface area contributed by atoms with Crippen LogP contribution >= 0.6 is 23.2 Å². The maximum absolute atomic E-state index is 13.6. The Morgan fingerprint density at radius 2 is 1.57 bits per heavy atom. The third-order valence-corrected chi connectivity index (χ3v) is 8.18. The number of carboxylic acid groups (broad SMARTS) is 1. The van der Waals surface area contributed by atoms with E-state index >= 15 is 0 Å². The zero-order valence-electron chi connectivity index (χ0n) is 18.0. The van der Waals surface area contributed by atoms with E-state index in [-0.39, 0.29) is 38.7 Å². The SMILES string of the molecule is NS(=O)(=O)c1ccc(CN(Cc2cccc(OCC(=O)O)c2)S(=O)(=O)c2cc(Cl)ccc2Cl)cc1. The molecule has 0 amide bonds. The molecule has 0 unspecified atom stereocenters. The van der Waals surface area contributed by atoms with Gasteiger partial charge in [-0.15, -0.1) is 0 Å². The minimum Gasteiger partial charge on any atom is -0.482 e. The van der Waals surface area contributed by atoms with E-state index < -0.39 is 32.6 Å². The molecule has 0 saturated heterocycles. The Balaban J connectivity index is 1.99. The number of rotatable bonds is 10. The third kappa shape index (κ3) is 7.17. The van der Waals surface area contributed by atoms with Crippen LogP contribution in [0.1, 0.15) is 11.1 Å². The van der Waals surface area contributed by atoms with E-state index in [2.05, 4.69) is 0 Å². The standard InChI is InChI=1S/C22H20Cl2N2O7S2/c23-17-6-9-20(24)21(11-17)35(31,32)26(12-15-4-7-19(8-5-15)34(25,29)30)13-16-2-1-3-18(10-16)33-14-22(27)28/h1-11H,12-14H2,(H,27,28)(H2,25,29,30). The Bertz CT molecular complexity index is 1440. The van der Waals surface area contributed by atoms with E-state index in [1.54, 1.807) is 18.2 Å². The molecule has 0 heterocycles. The van der Waals surface area contributed by atoms with Crippen molar-refractivity contribution in [3.05, 3.63) is 87.9 Å². The predicted octanol–water partition coefficient (Wildman–Crippen LogP) is 3.50. The summed E-state index contributed by atoms with van der Waals surface area (Å²) in [5.74, 6) is -0.904. The summed E-state index contributed by atoms with van der Waals surface area (Å²) in [6, 6.07) is 15.9. The molecule has 3 aromatic carbocycles. The van der Waals surface area contributed by atoms with E-state index in [0.717, 1.165) is 4.31 Å². The van der Waals surface area contributed by atoms with Crippen molar-refractivity contribution >= 4 is 49.2 Å². The van der Waals surface area contributed by atoms with Crippen molar-refractivity contribution in [3.8, 4) is 5.75 Å². The Morgan fingerprint density at radius 1 is 0.914 bits per heavy atom. The van der Waals surface area contributed by atoms with Crippen molar-refractivity contribution in [1.29, 1.82) is 0 Å². The molecule has 0 saturated carbocycles. The zero-order chi connectivity index (χ0) is 25.8. The van der Waals surface area contributed by atoms with Gasteiger partial charge in [0.2, 0.25) is 20.0 Å². The fourth-order valence-electron chi connectivity index (χ4n) is 3.11. The van der Waals surface area contributed by atoms with Gasteiger partial charge in [0.25, 0.3) is 0 Å². The number of aliphatic carboxylic acids is 1. The van der Waals surface area contributed by atoms with Crippen molar-refractivity contribution in [2.75, 3.05) is 6.61 Å². The second kappa shape index (κ2) is 10.9. The van der Waals surface area contributed by atoms with Gasteiger partial charge in [-0.25, -0.2) is 26.8 Å². The summed E-state index contributed by atoms with van der Waals surface area (Å²) in [5, 5.41) is 14.1. The molecule has 3 N–H and O–H groups in total. The first-order valence-corrected chi connectivity index (χ1v) is 13.6. The molecular weight excluding hydrogens is 539 g/mol. The lowest BCUT2D eigenvalue weighted by molar-refractivity contribution is -0.139. The number of hydrogen-bond acceptors (Lipinski definition) is 6. The lowest BCUT2D eigenvalue weighted by Crippen LogP contribution is -2.30. The molecule has 0 radical (unpaired) electrons. The van der Waals surface area contributed by atoms with Crippen LogP contribution < -0.4 is 9.88 Å². The number of ether oxygens (including phenoxy) is 1. The van der Waals surface area contributed by atoms with E-state index in [1.165, 1.54) is 48.5 Å². The van der Waals surface area contributed by atoms with Gasteiger partial charge < -0.3 is 9.84 Å². The van der Waals surface area contributed by atoms with Gasteiger partial charge >= 0.3 is 5.97 Å². The highest BCUT2D eigenvalue weighted by molar-refractivity contribution is 7.89. The lowest BCUT2D eigenvalue weighted by atomic mass is 10.2. The number of sulfonamides is 2. The van der Waals surface area contributed by atoms with E-state index in [9.17, 15) is 21.6 Å². The molecule has 0 bridgehead atoms. The number of nitrogens with zero attached hydrogens (tertiary/aromatic N) is 1. The van der Waals surface area contributed by atoms with Gasteiger partial charge in [0.1, 0.15) is 10.6 Å². The molecule has 35 heavy (non-hydrogen) atoms. The monoisotopic (exact) mass is 558 g/mol. The van der Waals surface area contributed by atoms with Crippen molar-refractivity contribution in [1.82, 2.24) is 4.31 Å². The molecule has 186 valence electrons. The van der Waals surface area contributed by atoms with Crippen LogP contribution in [-0.2, 0) is 37.9 Å². The number of carboxylic acids is 1. The molecule has 9 nitrogen and oxygen atoms in total. The van der Waals surface area contributed by atoms with Crippen LogP contribution in [-0.4, -0.2) is 38.8 Å². The fraction of sp³-hybridized carbons (Fsp3) is 0.136. The Kier molecular flexibility index (Phi) is 8.42. The average molecular weight is 559 g/mol. The molecule has 3 aromatic rings. The number of halogens is 2. The highest BCUT2D eigenvalue weighted by Gasteiger charge is 2.28.